The van der Waals surface area contributed by atoms with E-state index >= 15 is 0 Å². The summed E-state index contributed by atoms with van der Waals surface area (Å²) in [6, 6.07) is 0. The number of hydrogen-bond acceptors (Lipinski definition) is 3. The van der Waals surface area contributed by atoms with Gasteiger partial charge in [0.2, 0.25) is 5.91 Å². The number of fused-ring (bicyclic) bond motifs is 1. The Bertz CT molecular complexity index is 327. The normalized spacial score (nSPS) is 31.0. The summed E-state index contributed by atoms with van der Waals surface area (Å²) in [6.45, 7) is 6.64. The first-order valence-electron chi connectivity index (χ1n) is 7.84. The van der Waals surface area contributed by atoms with Gasteiger partial charge in [-0.3, -0.25) is 4.79 Å². The van der Waals surface area contributed by atoms with Gasteiger partial charge >= 0.3 is 0 Å². The van der Waals surface area contributed by atoms with Crippen molar-refractivity contribution in [3.8, 4) is 0 Å². The number of hydrogen-bond donors (Lipinski definition) is 3. The Morgan fingerprint density at radius 3 is 2.84 bits per heavy atom. The van der Waals surface area contributed by atoms with Crippen molar-refractivity contribution in [2.75, 3.05) is 19.6 Å². The molecule has 0 bridgehead atoms. The second-order valence-corrected chi connectivity index (χ2v) is 6.48. The Morgan fingerprint density at radius 2 is 2.16 bits per heavy atom. The molecule has 2 fully saturated rings. The van der Waals surface area contributed by atoms with Crippen LogP contribution in [0.5, 0.6) is 0 Å². The molecule has 2 aliphatic rings. The average Bonchev–Trinajstić information content (AvgIpc) is 2.89. The highest BCUT2D eigenvalue weighted by atomic mass is 16.2. The van der Waals surface area contributed by atoms with Gasteiger partial charge in [0.05, 0.1) is 5.41 Å². The van der Waals surface area contributed by atoms with E-state index in [0.717, 1.165) is 32.4 Å². The maximum Gasteiger partial charge on any atom is 0.227 e. The SMILES string of the molecule is CCC(N)(CC)CNC(=O)[C@@]12CCCC[C@H]1CNC2. The van der Waals surface area contributed by atoms with Crippen LogP contribution >= 0.6 is 0 Å². The first kappa shape index (κ1) is 14.8. The zero-order valence-corrected chi connectivity index (χ0v) is 12.4. The lowest BCUT2D eigenvalue weighted by molar-refractivity contribution is -0.134. The molecular weight excluding hydrogens is 238 g/mol. The van der Waals surface area contributed by atoms with Crippen LogP contribution in [-0.4, -0.2) is 31.1 Å². The molecule has 0 aromatic heterocycles. The molecule has 1 aliphatic heterocycles. The molecule has 1 saturated carbocycles. The van der Waals surface area contributed by atoms with Gasteiger partial charge in [0, 0.05) is 18.6 Å². The number of amides is 1. The van der Waals surface area contributed by atoms with Crippen molar-refractivity contribution in [2.24, 2.45) is 17.1 Å². The molecule has 110 valence electrons. The maximum absolute atomic E-state index is 12.7. The summed E-state index contributed by atoms with van der Waals surface area (Å²) in [4.78, 5) is 12.7. The van der Waals surface area contributed by atoms with Crippen LogP contribution in [0.1, 0.15) is 52.4 Å². The Kier molecular flexibility index (Phi) is 4.51. The van der Waals surface area contributed by atoms with Crippen molar-refractivity contribution in [3.63, 3.8) is 0 Å². The van der Waals surface area contributed by atoms with Gasteiger partial charge in [-0.1, -0.05) is 26.7 Å². The van der Waals surface area contributed by atoms with E-state index < -0.39 is 0 Å². The summed E-state index contributed by atoms with van der Waals surface area (Å²) in [7, 11) is 0. The van der Waals surface area contributed by atoms with Crippen LogP contribution in [0.15, 0.2) is 0 Å². The third-order valence-electron chi connectivity index (χ3n) is 5.50. The van der Waals surface area contributed by atoms with E-state index in [2.05, 4.69) is 24.5 Å². The molecule has 4 heteroatoms. The van der Waals surface area contributed by atoms with Crippen molar-refractivity contribution < 1.29 is 4.79 Å². The Hall–Kier alpha value is -0.610. The fraction of sp³-hybridized carbons (Fsp3) is 0.933. The van der Waals surface area contributed by atoms with E-state index in [-0.39, 0.29) is 16.9 Å². The number of carbonyl (C=O) groups excluding carboxylic acids is 1. The Morgan fingerprint density at radius 1 is 1.42 bits per heavy atom. The minimum Gasteiger partial charge on any atom is -0.354 e. The number of rotatable bonds is 5. The Labute approximate surface area is 116 Å². The van der Waals surface area contributed by atoms with Gasteiger partial charge in [-0.25, -0.2) is 0 Å². The highest BCUT2D eigenvalue weighted by molar-refractivity contribution is 5.84. The van der Waals surface area contributed by atoms with E-state index in [1.807, 2.05) is 0 Å². The molecule has 1 heterocycles. The average molecular weight is 267 g/mol. The smallest absolute Gasteiger partial charge is 0.227 e. The van der Waals surface area contributed by atoms with Gasteiger partial charge in [-0.2, -0.15) is 0 Å². The lowest BCUT2D eigenvalue weighted by Gasteiger charge is -2.38. The second kappa shape index (κ2) is 5.80. The largest absolute Gasteiger partial charge is 0.354 e. The summed E-state index contributed by atoms with van der Waals surface area (Å²) in [5.74, 6) is 0.760. The number of carbonyl (C=O) groups is 1. The molecule has 4 nitrogen and oxygen atoms in total. The number of nitrogens with one attached hydrogen (secondary N) is 2. The zero-order chi connectivity index (χ0) is 13.9. The molecule has 2 rings (SSSR count). The van der Waals surface area contributed by atoms with Gasteiger partial charge in [0.15, 0.2) is 0 Å². The van der Waals surface area contributed by atoms with E-state index in [1.165, 1.54) is 19.3 Å². The highest BCUT2D eigenvalue weighted by Crippen LogP contribution is 2.43. The van der Waals surface area contributed by atoms with Crippen LogP contribution in [0, 0.1) is 11.3 Å². The quantitative estimate of drug-likeness (QED) is 0.705. The molecule has 1 amide bonds. The molecule has 0 unspecified atom stereocenters. The van der Waals surface area contributed by atoms with Gasteiger partial charge in [0.25, 0.3) is 0 Å². The molecular formula is C15H29N3O. The predicted molar refractivity (Wildman–Crippen MR) is 77.8 cm³/mol. The monoisotopic (exact) mass is 267 g/mol. The molecule has 19 heavy (non-hydrogen) atoms. The molecule has 0 spiro atoms. The van der Waals surface area contributed by atoms with E-state index in [4.69, 9.17) is 5.73 Å². The van der Waals surface area contributed by atoms with Crippen molar-refractivity contribution in [2.45, 2.75) is 57.9 Å². The van der Waals surface area contributed by atoms with Gasteiger partial charge in [0.1, 0.15) is 0 Å². The molecule has 1 saturated heterocycles. The lowest BCUT2D eigenvalue weighted by atomic mass is 9.67. The first-order valence-corrected chi connectivity index (χ1v) is 7.84. The summed E-state index contributed by atoms with van der Waals surface area (Å²) < 4.78 is 0. The van der Waals surface area contributed by atoms with Crippen LogP contribution in [0.4, 0.5) is 0 Å². The maximum atomic E-state index is 12.7. The van der Waals surface area contributed by atoms with Crippen molar-refractivity contribution in [1.29, 1.82) is 0 Å². The van der Waals surface area contributed by atoms with Gasteiger partial charge < -0.3 is 16.4 Å². The van der Waals surface area contributed by atoms with Crippen LogP contribution in [-0.2, 0) is 4.79 Å². The zero-order valence-electron chi connectivity index (χ0n) is 12.4. The molecule has 0 aromatic rings. The summed E-state index contributed by atoms with van der Waals surface area (Å²) in [5, 5.41) is 6.57. The third kappa shape index (κ3) is 2.79. The minimum absolute atomic E-state index is 0.152. The topological polar surface area (TPSA) is 67.1 Å². The lowest BCUT2D eigenvalue weighted by Crippen LogP contribution is -2.54. The van der Waals surface area contributed by atoms with E-state index in [1.54, 1.807) is 0 Å². The molecule has 4 N–H and O–H groups in total. The molecule has 2 atom stereocenters. The minimum atomic E-state index is -0.248. The van der Waals surface area contributed by atoms with Crippen molar-refractivity contribution >= 4 is 5.91 Å². The molecule has 0 radical (unpaired) electrons. The van der Waals surface area contributed by atoms with E-state index in [9.17, 15) is 4.79 Å². The van der Waals surface area contributed by atoms with Gasteiger partial charge in [-0.15, -0.1) is 0 Å². The van der Waals surface area contributed by atoms with Crippen molar-refractivity contribution in [1.82, 2.24) is 10.6 Å². The Balaban J connectivity index is 1.99. The fourth-order valence-electron chi connectivity index (χ4n) is 3.62. The molecule has 1 aliphatic carbocycles. The number of nitrogens with two attached hydrogens (primary N) is 1. The summed E-state index contributed by atoms with van der Waals surface area (Å²) in [6.07, 6.45) is 6.48. The summed E-state index contributed by atoms with van der Waals surface area (Å²) in [5.41, 5.74) is 5.88. The van der Waals surface area contributed by atoms with E-state index in [0.29, 0.717) is 12.5 Å². The van der Waals surface area contributed by atoms with Gasteiger partial charge in [-0.05, 0) is 38.1 Å². The second-order valence-electron chi connectivity index (χ2n) is 6.48. The van der Waals surface area contributed by atoms with Crippen LogP contribution in [0.3, 0.4) is 0 Å². The fourth-order valence-corrected chi connectivity index (χ4v) is 3.62. The van der Waals surface area contributed by atoms with Crippen LogP contribution in [0.25, 0.3) is 0 Å². The van der Waals surface area contributed by atoms with Crippen LogP contribution < -0.4 is 16.4 Å². The predicted octanol–water partition coefficient (Wildman–Crippen LogP) is 1.40. The van der Waals surface area contributed by atoms with Crippen molar-refractivity contribution in [3.05, 3.63) is 0 Å². The van der Waals surface area contributed by atoms with Crippen LogP contribution in [0.2, 0.25) is 0 Å². The highest BCUT2D eigenvalue weighted by Gasteiger charge is 2.49. The third-order valence-corrected chi connectivity index (χ3v) is 5.50. The summed E-state index contributed by atoms with van der Waals surface area (Å²) >= 11 is 0. The first-order chi connectivity index (χ1) is 9.06. The standard InChI is InChI=1S/C15H29N3O/c1-3-14(16,4-2)10-18-13(19)15-8-6-5-7-12(15)9-17-11-15/h12,17H,3-11,16H2,1-2H3,(H,18,19)/t12-,15+/m0/s1. The molecule has 0 aromatic carbocycles.